The molecule has 1 amide bonds. The molecule has 33 heavy (non-hydrogen) atoms. The molecule has 3 N–H and O–H groups in total. The lowest BCUT2D eigenvalue weighted by Gasteiger charge is -2.12. The smallest absolute Gasteiger partial charge is 0.281 e. The molecule has 0 aliphatic rings. The minimum atomic E-state index is -0.349. The Labute approximate surface area is 199 Å². The average Bonchev–Trinajstić information content (AvgIpc) is 3.16. The molecule has 4 aromatic rings. The molecular weight excluding hydrogens is 462 g/mol. The number of nitrogens with zero attached hydrogens (tertiary/aromatic N) is 3. The van der Waals surface area contributed by atoms with E-state index in [-0.39, 0.29) is 5.91 Å². The third kappa shape index (κ3) is 4.89. The maximum absolute atomic E-state index is 12.6. The Morgan fingerprint density at radius 1 is 1.24 bits per heavy atom. The van der Waals surface area contributed by atoms with Crippen LogP contribution in [-0.4, -0.2) is 29.2 Å². The van der Waals surface area contributed by atoms with Gasteiger partial charge in [0.15, 0.2) is 11.5 Å². The molecule has 168 valence electrons. The molecule has 0 unspecified atom stereocenters. The number of anilines is 1. The van der Waals surface area contributed by atoms with Crippen LogP contribution in [0, 0.1) is 6.92 Å². The fourth-order valence-electron chi connectivity index (χ4n) is 3.19. The molecule has 4 rings (SSSR count). The van der Waals surface area contributed by atoms with Crippen LogP contribution in [0.1, 0.15) is 26.4 Å². The number of aromatic nitrogens is 2. The van der Waals surface area contributed by atoms with Gasteiger partial charge in [-0.15, -0.1) is 11.3 Å². The summed E-state index contributed by atoms with van der Waals surface area (Å²) >= 11 is 7.42. The van der Waals surface area contributed by atoms with E-state index in [0.29, 0.717) is 44.0 Å². The van der Waals surface area contributed by atoms with E-state index in [9.17, 15) is 4.79 Å². The predicted molar refractivity (Wildman–Crippen MR) is 130 cm³/mol. The molecule has 0 fully saturated rings. The molecule has 2 heterocycles. The molecule has 0 spiro atoms. The topological polar surface area (TPSA) is 112 Å². The second-order valence-electron chi connectivity index (χ2n) is 6.98. The van der Waals surface area contributed by atoms with Gasteiger partial charge in [-0.05, 0) is 42.3 Å². The van der Waals surface area contributed by atoms with Gasteiger partial charge in [-0.2, -0.15) is 5.10 Å². The molecule has 0 radical (unpaired) electrons. The van der Waals surface area contributed by atoms with Crippen molar-refractivity contribution in [3.8, 4) is 11.5 Å². The number of hydrogen-bond donors (Lipinski definition) is 2. The van der Waals surface area contributed by atoms with Gasteiger partial charge in [-0.25, -0.2) is 15.4 Å². The highest BCUT2D eigenvalue weighted by Gasteiger charge is 2.18. The predicted octanol–water partition coefficient (Wildman–Crippen LogP) is 4.59. The third-order valence-corrected chi connectivity index (χ3v) is 6.44. The molecule has 0 aliphatic carbocycles. The van der Waals surface area contributed by atoms with Crippen molar-refractivity contribution in [1.82, 2.24) is 15.4 Å². The van der Waals surface area contributed by atoms with Gasteiger partial charge >= 0.3 is 0 Å². The first-order valence-electron chi connectivity index (χ1n) is 9.85. The third-order valence-electron chi connectivity index (χ3n) is 4.87. The Morgan fingerprint density at radius 2 is 2.06 bits per heavy atom. The van der Waals surface area contributed by atoms with Crippen molar-refractivity contribution >= 4 is 51.1 Å². The van der Waals surface area contributed by atoms with E-state index in [2.05, 4.69) is 20.5 Å². The van der Waals surface area contributed by atoms with Gasteiger partial charge < -0.3 is 15.2 Å². The molecular formula is C23H20ClN5O3S. The van der Waals surface area contributed by atoms with Crippen LogP contribution >= 0.6 is 22.9 Å². The largest absolute Gasteiger partial charge is 0.493 e. The van der Waals surface area contributed by atoms with Crippen LogP contribution in [0.4, 0.5) is 5.82 Å². The van der Waals surface area contributed by atoms with Gasteiger partial charge in [0.1, 0.15) is 23.6 Å². The van der Waals surface area contributed by atoms with Crippen LogP contribution in [0.25, 0.3) is 10.2 Å². The number of nitrogens with one attached hydrogen (secondary N) is 1. The summed E-state index contributed by atoms with van der Waals surface area (Å²) in [5, 5.41) is 5.39. The minimum absolute atomic E-state index is 0.308. The highest BCUT2D eigenvalue weighted by molar-refractivity contribution is 7.20. The van der Waals surface area contributed by atoms with Crippen LogP contribution in [-0.2, 0) is 6.61 Å². The Balaban J connectivity index is 1.44. The van der Waals surface area contributed by atoms with E-state index in [4.69, 9.17) is 26.8 Å². The highest BCUT2D eigenvalue weighted by atomic mass is 35.5. The van der Waals surface area contributed by atoms with Crippen molar-refractivity contribution in [2.45, 2.75) is 13.5 Å². The standard InChI is InChI=1S/C23H20ClN5O3S/c1-13-19-21(25)26-12-27-23(19)33-20(13)22(30)29-28-10-14-7-8-17(18(9-14)31-2)32-11-15-5-3-4-6-16(15)24/h3-10,12H,11H2,1-2H3,(H,29,30)(H2,25,26,27)/b28-10-. The van der Waals surface area contributed by atoms with Crippen molar-refractivity contribution < 1.29 is 14.3 Å². The summed E-state index contributed by atoms with van der Waals surface area (Å²) in [5.74, 6) is 1.10. The molecule has 0 aliphatic heterocycles. The molecule has 0 saturated heterocycles. The van der Waals surface area contributed by atoms with E-state index in [1.54, 1.807) is 25.3 Å². The summed E-state index contributed by atoms with van der Waals surface area (Å²) < 4.78 is 11.3. The minimum Gasteiger partial charge on any atom is -0.493 e. The van der Waals surface area contributed by atoms with Crippen LogP contribution in [0.2, 0.25) is 5.02 Å². The number of halogens is 1. The lowest BCUT2D eigenvalue weighted by atomic mass is 10.2. The van der Waals surface area contributed by atoms with E-state index < -0.39 is 0 Å². The number of aryl methyl sites for hydroxylation is 1. The molecule has 0 bridgehead atoms. The van der Waals surface area contributed by atoms with Gasteiger partial charge in [0.25, 0.3) is 5.91 Å². The number of carbonyl (C=O) groups is 1. The molecule has 0 atom stereocenters. The molecule has 2 aromatic heterocycles. The number of thiophene rings is 1. The number of benzene rings is 2. The summed E-state index contributed by atoms with van der Waals surface area (Å²) in [4.78, 5) is 21.9. The SMILES string of the molecule is COc1cc(/C=N\NC(=O)c2sc3ncnc(N)c3c2C)ccc1OCc1ccccc1Cl. The van der Waals surface area contributed by atoms with E-state index >= 15 is 0 Å². The van der Waals surface area contributed by atoms with Crippen molar-refractivity contribution in [1.29, 1.82) is 0 Å². The second-order valence-corrected chi connectivity index (χ2v) is 8.39. The van der Waals surface area contributed by atoms with Crippen molar-refractivity contribution in [2.24, 2.45) is 5.10 Å². The number of methoxy groups -OCH3 is 1. The Morgan fingerprint density at radius 3 is 2.82 bits per heavy atom. The zero-order valence-electron chi connectivity index (χ0n) is 17.8. The number of amides is 1. The van der Waals surface area contributed by atoms with E-state index in [1.807, 2.05) is 31.2 Å². The quantitative estimate of drug-likeness (QED) is 0.295. The highest BCUT2D eigenvalue weighted by Crippen LogP contribution is 2.32. The fraction of sp³-hybridized carbons (Fsp3) is 0.130. The summed E-state index contributed by atoms with van der Waals surface area (Å²) in [5.41, 5.74) is 10.8. The molecule has 10 heteroatoms. The summed E-state index contributed by atoms with van der Waals surface area (Å²) in [7, 11) is 1.55. The van der Waals surface area contributed by atoms with Gasteiger partial charge in [-0.1, -0.05) is 29.8 Å². The van der Waals surface area contributed by atoms with Crippen LogP contribution < -0.4 is 20.6 Å². The fourth-order valence-corrected chi connectivity index (χ4v) is 4.42. The lowest BCUT2D eigenvalue weighted by molar-refractivity contribution is 0.0958. The van der Waals surface area contributed by atoms with E-state index in [0.717, 1.165) is 16.7 Å². The monoisotopic (exact) mass is 481 g/mol. The number of hydrazone groups is 1. The van der Waals surface area contributed by atoms with Crippen LogP contribution in [0.15, 0.2) is 53.9 Å². The summed E-state index contributed by atoms with van der Waals surface area (Å²) in [6.45, 7) is 2.12. The molecule has 8 nitrogen and oxygen atoms in total. The zero-order valence-corrected chi connectivity index (χ0v) is 19.4. The van der Waals surface area contributed by atoms with Crippen molar-refractivity contribution in [3.63, 3.8) is 0 Å². The first kappa shape index (κ1) is 22.5. The first-order chi connectivity index (χ1) is 16.0. The van der Waals surface area contributed by atoms with Crippen LogP contribution in [0.5, 0.6) is 11.5 Å². The maximum Gasteiger partial charge on any atom is 0.281 e. The number of hydrogen-bond acceptors (Lipinski definition) is 8. The maximum atomic E-state index is 12.6. The van der Waals surface area contributed by atoms with Gasteiger partial charge in [-0.3, -0.25) is 4.79 Å². The summed E-state index contributed by atoms with van der Waals surface area (Å²) in [6.07, 6.45) is 2.90. The summed E-state index contributed by atoms with van der Waals surface area (Å²) in [6, 6.07) is 12.8. The number of carbonyl (C=O) groups excluding carboxylic acids is 1. The van der Waals surface area contributed by atoms with Crippen LogP contribution in [0.3, 0.4) is 0 Å². The second kappa shape index (κ2) is 9.85. The number of ether oxygens (including phenoxy) is 2. The zero-order chi connectivity index (χ0) is 23.4. The molecule has 0 saturated carbocycles. The van der Waals surface area contributed by atoms with Gasteiger partial charge in [0.2, 0.25) is 0 Å². The number of fused-ring (bicyclic) bond motifs is 1. The molecule has 2 aromatic carbocycles. The number of nitrogen functional groups attached to an aromatic ring is 1. The number of nitrogens with two attached hydrogens (primary N) is 1. The Hall–Kier alpha value is -3.69. The Bertz CT molecular complexity index is 1360. The van der Waals surface area contributed by atoms with Crippen molar-refractivity contribution in [3.05, 3.63) is 75.4 Å². The lowest BCUT2D eigenvalue weighted by Crippen LogP contribution is -2.17. The van der Waals surface area contributed by atoms with E-state index in [1.165, 1.54) is 23.9 Å². The average molecular weight is 482 g/mol. The van der Waals surface area contributed by atoms with Gasteiger partial charge in [0.05, 0.1) is 23.6 Å². The number of rotatable bonds is 7. The normalized spacial score (nSPS) is 11.1. The Kier molecular flexibility index (Phi) is 6.71. The first-order valence-corrected chi connectivity index (χ1v) is 11.0. The van der Waals surface area contributed by atoms with Crippen molar-refractivity contribution in [2.75, 3.05) is 12.8 Å². The van der Waals surface area contributed by atoms with Gasteiger partial charge in [0, 0.05) is 10.6 Å².